The standard InChI is InChI=1S/C10H6N5S/c1-3-9(15-6-12-13-14-15)4-2-8(1)10-5-11-7-16-10/h1-6H. The summed E-state index contributed by atoms with van der Waals surface area (Å²) >= 11 is 1.50. The fourth-order valence-corrected chi connectivity index (χ4v) is 1.94. The van der Waals surface area contributed by atoms with Crippen LogP contribution < -0.4 is 0 Å². The van der Waals surface area contributed by atoms with Gasteiger partial charge in [0, 0.05) is 6.20 Å². The van der Waals surface area contributed by atoms with Gasteiger partial charge in [-0.2, -0.15) is 0 Å². The number of aromatic nitrogens is 5. The Morgan fingerprint density at radius 1 is 1.19 bits per heavy atom. The number of hydrogen-bond acceptors (Lipinski definition) is 5. The van der Waals surface area contributed by atoms with E-state index in [1.165, 1.54) is 11.3 Å². The highest BCUT2D eigenvalue weighted by molar-refractivity contribution is 7.12. The van der Waals surface area contributed by atoms with Gasteiger partial charge in [-0.15, -0.1) is 16.4 Å². The van der Waals surface area contributed by atoms with Crippen molar-refractivity contribution in [2.45, 2.75) is 0 Å². The summed E-state index contributed by atoms with van der Waals surface area (Å²) in [5, 5.41) is 11.0. The van der Waals surface area contributed by atoms with Crippen LogP contribution in [0.2, 0.25) is 0 Å². The van der Waals surface area contributed by atoms with Gasteiger partial charge in [0.1, 0.15) is 6.33 Å². The van der Waals surface area contributed by atoms with E-state index in [2.05, 4.69) is 26.0 Å². The maximum Gasteiger partial charge on any atom is 0.152 e. The molecule has 0 unspecified atom stereocenters. The molecule has 0 aliphatic carbocycles. The smallest absolute Gasteiger partial charge is 0.152 e. The highest BCUT2D eigenvalue weighted by Gasteiger charge is 2.01. The van der Waals surface area contributed by atoms with Crippen LogP contribution in [-0.2, 0) is 0 Å². The van der Waals surface area contributed by atoms with E-state index in [4.69, 9.17) is 0 Å². The molecule has 0 aliphatic heterocycles. The summed E-state index contributed by atoms with van der Waals surface area (Å²) in [4.78, 5) is 5.03. The van der Waals surface area contributed by atoms with Crippen molar-refractivity contribution in [3.63, 3.8) is 0 Å². The first-order chi connectivity index (χ1) is 7.93. The first kappa shape index (κ1) is 9.17. The van der Waals surface area contributed by atoms with Crippen LogP contribution in [0, 0.1) is 5.51 Å². The zero-order valence-electron chi connectivity index (χ0n) is 8.11. The Morgan fingerprint density at radius 3 is 2.69 bits per heavy atom. The number of hydrogen-bond donors (Lipinski definition) is 0. The lowest BCUT2D eigenvalue weighted by Crippen LogP contribution is -1.94. The van der Waals surface area contributed by atoms with Crippen molar-refractivity contribution in [3.05, 3.63) is 42.3 Å². The van der Waals surface area contributed by atoms with Gasteiger partial charge in [0.2, 0.25) is 0 Å². The molecule has 2 heterocycles. The first-order valence-electron chi connectivity index (χ1n) is 4.59. The Hall–Kier alpha value is -2.08. The number of benzene rings is 1. The third-order valence-electron chi connectivity index (χ3n) is 2.16. The van der Waals surface area contributed by atoms with Crippen molar-refractivity contribution in [1.29, 1.82) is 0 Å². The second-order valence-corrected chi connectivity index (χ2v) is 3.94. The van der Waals surface area contributed by atoms with Crippen LogP contribution in [0.5, 0.6) is 0 Å². The zero-order valence-corrected chi connectivity index (χ0v) is 8.92. The molecule has 1 radical (unpaired) electrons. The quantitative estimate of drug-likeness (QED) is 0.668. The fraction of sp³-hybridized carbons (Fsp3) is 0. The van der Waals surface area contributed by atoms with Crippen LogP contribution in [0.3, 0.4) is 0 Å². The molecule has 0 atom stereocenters. The van der Waals surface area contributed by atoms with Crippen molar-refractivity contribution in [3.8, 4) is 16.1 Å². The van der Waals surface area contributed by atoms with Crippen molar-refractivity contribution in [2.75, 3.05) is 0 Å². The van der Waals surface area contributed by atoms with E-state index in [9.17, 15) is 0 Å². The molecule has 0 amide bonds. The third-order valence-corrected chi connectivity index (χ3v) is 2.91. The number of rotatable bonds is 2. The minimum Gasteiger partial charge on any atom is -0.241 e. The van der Waals surface area contributed by atoms with E-state index < -0.39 is 0 Å². The number of nitrogens with zero attached hydrogens (tertiary/aromatic N) is 5. The van der Waals surface area contributed by atoms with E-state index in [0.29, 0.717) is 0 Å². The normalized spacial score (nSPS) is 10.5. The monoisotopic (exact) mass is 228 g/mol. The predicted octanol–water partition coefficient (Wildman–Crippen LogP) is 1.59. The minimum atomic E-state index is 0.933. The lowest BCUT2D eigenvalue weighted by Gasteiger charge is -2.00. The molecule has 0 saturated carbocycles. The summed E-state index contributed by atoms with van der Waals surface area (Å²) in [5.74, 6) is 0. The lowest BCUT2D eigenvalue weighted by molar-refractivity contribution is 0.789. The molecular weight excluding hydrogens is 222 g/mol. The topological polar surface area (TPSA) is 56.5 Å². The summed E-state index contributed by atoms with van der Waals surface area (Å²) in [7, 11) is 0. The van der Waals surface area contributed by atoms with Gasteiger partial charge in [-0.3, -0.25) is 0 Å². The predicted molar refractivity (Wildman–Crippen MR) is 59.1 cm³/mol. The van der Waals surface area contributed by atoms with Gasteiger partial charge in [0.25, 0.3) is 0 Å². The highest BCUT2D eigenvalue weighted by Crippen LogP contribution is 2.23. The molecule has 2 aromatic heterocycles. The molecule has 77 valence electrons. The van der Waals surface area contributed by atoms with Gasteiger partial charge in [0.15, 0.2) is 5.51 Å². The molecule has 0 fully saturated rings. The lowest BCUT2D eigenvalue weighted by atomic mass is 10.2. The minimum absolute atomic E-state index is 0.933. The van der Waals surface area contributed by atoms with Gasteiger partial charge in [-0.05, 0) is 28.1 Å². The second kappa shape index (κ2) is 3.82. The SMILES string of the molecule is [c]1ncc(-c2ccc(-n3cnnn3)cc2)s1. The van der Waals surface area contributed by atoms with Crippen LogP contribution >= 0.6 is 11.3 Å². The molecule has 5 nitrogen and oxygen atoms in total. The molecule has 1 aromatic carbocycles. The average molecular weight is 228 g/mol. The van der Waals surface area contributed by atoms with Gasteiger partial charge in [-0.1, -0.05) is 12.1 Å². The largest absolute Gasteiger partial charge is 0.241 e. The van der Waals surface area contributed by atoms with Crippen LogP contribution in [-0.4, -0.2) is 25.2 Å². The molecule has 0 bridgehead atoms. The second-order valence-electron chi connectivity index (χ2n) is 3.12. The summed E-state index contributed by atoms with van der Waals surface area (Å²) in [6.07, 6.45) is 3.37. The van der Waals surface area contributed by atoms with Gasteiger partial charge < -0.3 is 0 Å². The maximum absolute atomic E-state index is 3.93. The molecule has 0 aliphatic rings. The molecular formula is C10H6N5S. The summed E-state index contributed by atoms with van der Waals surface area (Å²) in [6, 6.07) is 7.95. The Bertz CT molecular complexity index is 503. The number of tetrazole rings is 1. The van der Waals surface area contributed by atoms with Crippen molar-refractivity contribution in [2.24, 2.45) is 0 Å². The van der Waals surface area contributed by atoms with Gasteiger partial charge >= 0.3 is 0 Å². The van der Waals surface area contributed by atoms with Crippen molar-refractivity contribution >= 4 is 11.3 Å². The van der Waals surface area contributed by atoms with Crippen LogP contribution in [0.4, 0.5) is 0 Å². The van der Waals surface area contributed by atoms with Crippen molar-refractivity contribution in [1.82, 2.24) is 25.2 Å². The fourth-order valence-electron chi connectivity index (χ4n) is 1.38. The highest BCUT2D eigenvalue weighted by atomic mass is 32.1. The molecule has 3 rings (SSSR count). The average Bonchev–Trinajstić information content (AvgIpc) is 3.03. The first-order valence-corrected chi connectivity index (χ1v) is 5.41. The molecule has 0 spiro atoms. The van der Waals surface area contributed by atoms with Crippen molar-refractivity contribution < 1.29 is 0 Å². The molecule has 6 heteroatoms. The zero-order chi connectivity index (χ0) is 10.8. The van der Waals surface area contributed by atoms with E-state index in [1.807, 2.05) is 24.3 Å². The Labute approximate surface area is 95.4 Å². The summed E-state index contributed by atoms with van der Waals surface area (Å²) in [6.45, 7) is 0. The van der Waals surface area contributed by atoms with Crippen LogP contribution in [0.1, 0.15) is 0 Å². The Balaban J connectivity index is 1.97. The molecule has 16 heavy (non-hydrogen) atoms. The molecule has 0 N–H and O–H groups in total. The van der Waals surface area contributed by atoms with E-state index in [0.717, 1.165) is 16.1 Å². The van der Waals surface area contributed by atoms with Gasteiger partial charge in [-0.25, -0.2) is 9.67 Å². The van der Waals surface area contributed by atoms with Crippen LogP contribution in [0.15, 0.2) is 36.8 Å². The number of thiazole rings is 1. The Morgan fingerprint density at radius 2 is 2.06 bits per heavy atom. The van der Waals surface area contributed by atoms with E-state index >= 15 is 0 Å². The Kier molecular flexibility index (Phi) is 2.19. The molecule has 3 aromatic rings. The maximum atomic E-state index is 3.93. The summed E-state index contributed by atoms with van der Waals surface area (Å²) in [5.41, 5.74) is 4.88. The van der Waals surface area contributed by atoms with Crippen LogP contribution in [0.25, 0.3) is 16.1 Å². The summed E-state index contributed by atoms with van der Waals surface area (Å²) < 4.78 is 1.61. The van der Waals surface area contributed by atoms with Gasteiger partial charge in [0.05, 0.1) is 10.6 Å². The molecule has 0 saturated heterocycles. The third kappa shape index (κ3) is 1.59. The van der Waals surface area contributed by atoms with E-state index in [1.54, 1.807) is 17.2 Å². The van der Waals surface area contributed by atoms with E-state index in [-0.39, 0.29) is 0 Å².